The van der Waals surface area contributed by atoms with E-state index in [1.165, 1.54) is 6.07 Å². The summed E-state index contributed by atoms with van der Waals surface area (Å²) in [4.78, 5) is 23.0. The molecule has 0 unspecified atom stereocenters. The highest BCUT2D eigenvalue weighted by Crippen LogP contribution is 2.40. The second-order valence-electron chi connectivity index (χ2n) is 4.93. The summed E-state index contributed by atoms with van der Waals surface area (Å²) in [5, 5.41) is 15.0. The molecule has 1 spiro atoms. The molecule has 3 rings (SSSR count). The number of amides is 1. The monoisotopic (exact) mass is 246 g/mol. The fourth-order valence-electron chi connectivity index (χ4n) is 2.78. The number of anilines is 2. The Morgan fingerprint density at radius 3 is 2.61 bits per heavy atom. The van der Waals surface area contributed by atoms with Crippen LogP contribution >= 0.6 is 0 Å². The second-order valence-corrected chi connectivity index (χ2v) is 4.93. The van der Waals surface area contributed by atoms with Crippen LogP contribution < -0.4 is 10.6 Å². The van der Waals surface area contributed by atoms with Crippen LogP contribution in [0, 0.1) is 0 Å². The number of hydrogen-bond donors (Lipinski definition) is 3. The van der Waals surface area contributed by atoms with E-state index in [2.05, 4.69) is 10.6 Å². The smallest absolute Gasteiger partial charge is 0.335 e. The van der Waals surface area contributed by atoms with Crippen LogP contribution in [0.5, 0.6) is 0 Å². The van der Waals surface area contributed by atoms with Gasteiger partial charge in [0.2, 0.25) is 5.91 Å². The van der Waals surface area contributed by atoms with Gasteiger partial charge in [-0.1, -0.05) is 12.8 Å². The standard InChI is InChI=1S/C13H14N2O3/c16-11(17)8-3-4-9-10(7-8)14-12(18)13(15-9)5-1-2-6-13/h3-4,7,15H,1-2,5-6H2,(H,14,18)(H,16,17). The summed E-state index contributed by atoms with van der Waals surface area (Å²) in [7, 11) is 0. The van der Waals surface area contributed by atoms with Gasteiger partial charge in [0, 0.05) is 0 Å². The zero-order chi connectivity index (χ0) is 12.8. The van der Waals surface area contributed by atoms with E-state index in [4.69, 9.17) is 5.11 Å². The number of benzene rings is 1. The van der Waals surface area contributed by atoms with Crippen molar-refractivity contribution in [2.24, 2.45) is 0 Å². The van der Waals surface area contributed by atoms with Gasteiger partial charge in [0.15, 0.2) is 0 Å². The van der Waals surface area contributed by atoms with Crippen LogP contribution in [0.4, 0.5) is 11.4 Å². The van der Waals surface area contributed by atoms with Gasteiger partial charge < -0.3 is 15.7 Å². The number of hydrogen-bond acceptors (Lipinski definition) is 3. The molecule has 0 saturated heterocycles. The molecule has 1 saturated carbocycles. The molecule has 0 atom stereocenters. The highest BCUT2D eigenvalue weighted by Gasteiger charge is 2.44. The van der Waals surface area contributed by atoms with E-state index in [9.17, 15) is 9.59 Å². The van der Waals surface area contributed by atoms with Gasteiger partial charge in [0.05, 0.1) is 16.9 Å². The molecule has 0 radical (unpaired) electrons. The van der Waals surface area contributed by atoms with Crippen molar-refractivity contribution in [1.82, 2.24) is 0 Å². The van der Waals surface area contributed by atoms with E-state index in [0.29, 0.717) is 5.69 Å². The average molecular weight is 246 g/mol. The molecule has 1 heterocycles. The summed E-state index contributed by atoms with van der Waals surface area (Å²) in [5.74, 6) is -1.04. The molecule has 5 nitrogen and oxygen atoms in total. The topological polar surface area (TPSA) is 78.4 Å². The first-order valence-electron chi connectivity index (χ1n) is 6.08. The summed E-state index contributed by atoms with van der Waals surface area (Å²) < 4.78 is 0. The number of carbonyl (C=O) groups excluding carboxylic acids is 1. The first kappa shape index (κ1) is 11.1. The van der Waals surface area contributed by atoms with Gasteiger partial charge in [-0.3, -0.25) is 4.79 Å². The van der Waals surface area contributed by atoms with Crippen molar-refractivity contribution in [3.05, 3.63) is 23.8 Å². The second kappa shape index (κ2) is 3.73. The Morgan fingerprint density at radius 2 is 1.94 bits per heavy atom. The van der Waals surface area contributed by atoms with E-state index in [1.54, 1.807) is 12.1 Å². The van der Waals surface area contributed by atoms with Crippen LogP contribution in [0.2, 0.25) is 0 Å². The fourth-order valence-corrected chi connectivity index (χ4v) is 2.78. The van der Waals surface area contributed by atoms with Crippen LogP contribution in [0.1, 0.15) is 36.0 Å². The Labute approximate surface area is 104 Å². The Bertz CT molecular complexity index is 533. The van der Waals surface area contributed by atoms with Gasteiger partial charge in [0.25, 0.3) is 0 Å². The Morgan fingerprint density at radius 1 is 1.22 bits per heavy atom. The summed E-state index contributed by atoms with van der Waals surface area (Å²) in [6, 6.07) is 4.76. The quantitative estimate of drug-likeness (QED) is 0.708. The first-order valence-corrected chi connectivity index (χ1v) is 6.08. The zero-order valence-electron chi connectivity index (χ0n) is 9.82. The van der Waals surface area contributed by atoms with Gasteiger partial charge in [-0.2, -0.15) is 0 Å². The minimum Gasteiger partial charge on any atom is -0.478 e. The minimum atomic E-state index is -0.992. The lowest BCUT2D eigenvalue weighted by atomic mass is 9.93. The van der Waals surface area contributed by atoms with E-state index in [1.807, 2.05) is 0 Å². The summed E-state index contributed by atoms with van der Waals surface area (Å²) in [5.41, 5.74) is 1.05. The van der Waals surface area contributed by atoms with Gasteiger partial charge in [-0.05, 0) is 31.0 Å². The number of carboxylic acids is 1. The van der Waals surface area contributed by atoms with Crippen LogP contribution in [0.25, 0.3) is 0 Å². The molecule has 1 amide bonds. The lowest BCUT2D eigenvalue weighted by molar-refractivity contribution is -0.120. The number of aromatic carboxylic acids is 1. The fraction of sp³-hybridized carbons (Fsp3) is 0.385. The normalized spacial score (nSPS) is 20.1. The van der Waals surface area contributed by atoms with Crippen molar-refractivity contribution in [3.8, 4) is 0 Å². The lowest BCUT2D eigenvalue weighted by Crippen LogP contribution is -2.50. The van der Waals surface area contributed by atoms with E-state index in [0.717, 1.165) is 31.4 Å². The highest BCUT2D eigenvalue weighted by atomic mass is 16.4. The van der Waals surface area contributed by atoms with Gasteiger partial charge in [-0.25, -0.2) is 4.79 Å². The molecule has 3 N–H and O–H groups in total. The predicted octanol–water partition coefficient (Wildman–Crippen LogP) is 2.06. The molecule has 94 valence electrons. The number of nitrogens with one attached hydrogen (secondary N) is 2. The molecule has 1 aromatic carbocycles. The van der Waals surface area contributed by atoms with Gasteiger partial charge in [0.1, 0.15) is 5.54 Å². The third-order valence-electron chi connectivity index (χ3n) is 3.78. The number of carbonyl (C=O) groups is 2. The minimum absolute atomic E-state index is 0.0463. The van der Waals surface area contributed by atoms with Crippen molar-refractivity contribution < 1.29 is 14.7 Å². The average Bonchev–Trinajstić information content (AvgIpc) is 2.79. The molecule has 1 aromatic rings. The summed E-state index contributed by atoms with van der Waals surface area (Å²) in [6.45, 7) is 0. The molecule has 18 heavy (non-hydrogen) atoms. The van der Waals surface area contributed by atoms with Crippen molar-refractivity contribution in [2.45, 2.75) is 31.2 Å². The van der Waals surface area contributed by atoms with Crippen LogP contribution in [-0.4, -0.2) is 22.5 Å². The maximum Gasteiger partial charge on any atom is 0.335 e. The molecule has 1 aliphatic heterocycles. The number of fused-ring (bicyclic) bond motifs is 1. The van der Waals surface area contributed by atoms with Gasteiger partial charge >= 0.3 is 5.97 Å². The predicted molar refractivity (Wildman–Crippen MR) is 66.9 cm³/mol. The first-order chi connectivity index (χ1) is 8.61. The summed E-state index contributed by atoms with van der Waals surface area (Å²) in [6.07, 6.45) is 3.75. The molecule has 5 heteroatoms. The van der Waals surface area contributed by atoms with Crippen molar-refractivity contribution in [1.29, 1.82) is 0 Å². The molecule has 1 aliphatic carbocycles. The molecule has 2 aliphatic rings. The lowest BCUT2D eigenvalue weighted by Gasteiger charge is -2.35. The Kier molecular flexibility index (Phi) is 2.29. The largest absolute Gasteiger partial charge is 0.478 e. The van der Waals surface area contributed by atoms with Crippen LogP contribution in [-0.2, 0) is 4.79 Å². The maximum atomic E-state index is 12.1. The molecule has 1 fully saturated rings. The Hall–Kier alpha value is -2.04. The molecule has 0 aromatic heterocycles. The molecule has 0 bridgehead atoms. The van der Waals surface area contributed by atoms with E-state index >= 15 is 0 Å². The van der Waals surface area contributed by atoms with Crippen molar-refractivity contribution >= 4 is 23.3 Å². The number of carboxylic acid groups (broad SMARTS) is 1. The molecular formula is C13H14N2O3. The SMILES string of the molecule is O=C(O)c1ccc2c(c1)NC(=O)C1(CCCC1)N2. The third-order valence-corrected chi connectivity index (χ3v) is 3.78. The van der Waals surface area contributed by atoms with E-state index < -0.39 is 11.5 Å². The highest BCUT2D eigenvalue weighted by molar-refractivity contribution is 6.07. The number of rotatable bonds is 1. The molecular weight excluding hydrogens is 232 g/mol. The van der Waals surface area contributed by atoms with Crippen LogP contribution in [0.3, 0.4) is 0 Å². The third kappa shape index (κ3) is 1.54. The van der Waals surface area contributed by atoms with Crippen LogP contribution in [0.15, 0.2) is 18.2 Å². The van der Waals surface area contributed by atoms with E-state index in [-0.39, 0.29) is 11.5 Å². The van der Waals surface area contributed by atoms with Gasteiger partial charge in [-0.15, -0.1) is 0 Å². The van der Waals surface area contributed by atoms with Crippen molar-refractivity contribution in [3.63, 3.8) is 0 Å². The Balaban J connectivity index is 1.99. The van der Waals surface area contributed by atoms with Crippen molar-refractivity contribution in [2.75, 3.05) is 10.6 Å². The zero-order valence-corrected chi connectivity index (χ0v) is 9.82. The summed E-state index contributed by atoms with van der Waals surface area (Å²) >= 11 is 0. The maximum absolute atomic E-state index is 12.1.